The van der Waals surface area contributed by atoms with Crippen LogP contribution in [-0.2, 0) is 14.6 Å². The van der Waals surface area contributed by atoms with Crippen LogP contribution in [0.5, 0.6) is 0 Å². The summed E-state index contributed by atoms with van der Waals surface area (Å²) < 4.78 is 27.5. The molecule has 0 aliphatic carbocycles. The lowest BCUT2D eigenvalue weighted by atomic mass is 10.1. The summed E-state index contributed by atoms with van der Waals surface area (Å²) in [4.78, 5) is 9.58. The van der Waals surface area contributed by atoms with Gasteiger partial charge in [-0.25, -0.2) is 8.42 Å². The molecule has 7 nitrogen and oxygen atoms in total. The van der Waals surface area contributed by atoms with Crippen molar-refractivity contribution in [3.63, 3.8) is 0 Å². The maximum absolute atomic E-state index is 11.1. The minimum absolute atomic E-state index is 0. The summed E-state index contributed by atoms with van der Waals surface area (Å²) in [5.41, 5.74) is 0. The van der Waals surface area contributed by atoms with Gasteiger partial charge in [0.2, 0.25) is 0 Å². The molecular weight excluding hydrogens is 467 g/mol. The van der Waals surface area contributed by atoms with Gasteiger partial charge in [0.25, 0.3) is 0 Å². The maximum atomic E-state index is 11.1. The maximum Gasteiger partial charge on any atom is 0.194 e. The minimum Gasteiger partial charge on any atom is -0.378 e. The van der Waals surface area contributed by atoms with E-state index in [9.17, 15) is 8.42 Å². The van der Waals surface area contributed by atoms with E-state index in [4.69, 9.17) is 4.74 Å². The normalized spacial score (nSPS) is 21.8. The van der Waals surface area contributed by atoms with Crippen molar-refractivity contribution in [3.8, 4) is 0 Å². The average molecular weight is 502 g/mol. The van der Waals surface area contributed by atoms with Crippen LogP contribution in [0.15, 0.2) is 4.99 Å². The molecule has 26 heavy (non-hydrogen) atoms. The van der Waals surface area contributed by atoms with Crippen molar-refractivity contribution < 1.29 is 13.2 Å². The number of sulfone groups is 1. The third-order valence-corrected chi connectivity index (χ3v) is 5.64. The van der Waals surface area contributed by atoms with E-state index in [0.29, 0.717) is 13.2 Å². The van der Waals surface area contributed by atoms with Crippen LogP contribution in [0.1, 0.15) is 26.2 Å². The lowest BCUT2D eigenvalue weighted by molar-refractivity contribution is 0.157. The second-order valence-corrected chi connectivity index (χ2v) is 9.35. The summed E-state index contributed by atoms with van der Waals surface area (Å²) in [6.45, 7) is 10.0. The fourth-order valence-electron chi connectivity index (χ4n) is 3.46. The van der Waals surface area contributed by atoms with Gasteiger partial charge in [-0.3, -0.25) is 4.99 Å². The summed E-state index contributed by atoms with van der Waals surface area (Å²) >= 11 is 0. The van der Waals surface area contributed by atoms with Crippen molar-refractivity contribution in [1.29, 1.82) is 0 Å². The van der Waals surface area contributed by atoms with Crippen LogP contribution in [0.3, 0.4) is 0 Å². The molecule has 2 fully saturated rings. The molecule has 0 radical (unpaired) electrons. The molecular formula is C17H35IN4O3S. The smallest absolute Gasteiger partial charge is 0.194 e. The van der Waals surface area contributed by atoms with Crippen LogP contribution in [0.25, 0.3) is 0 Å². The first kappa shape index (κ1) is 23.9. The van der Waals surface area contributed by atoms with Crippen LogP contribution >= 0.6 is 24.0 Å². The van der Waals surface area contributed by atoms with Crippen molar-refractivity contribution in [2.75, 3.05) is 71.0 Å². The fourth-order valence-corrected chi connectivity index (χ4v) is 3.88. The Morgan fingerprint density at radius 1 is 1.23 bits per heavy atom. The zero-order chi connectivity index (χ0) is 18.1. The van der Waals surface area contributed by atoms with Gasteiger partial charge in [-0.15, -0.1) is 24.0 Å². The van der Waals surface area contributed by atoms with Crippen molar-refractivity contribution in [3.05, 3.63) is 0 Å². The number of halogens is 1. The van der Waals surface area contributed by atoms with Crippen LogP contribution < -0.4 is 5.32 Å². The highest BCUT2D eigenvalue weighted by Gasteiger charge is 2.27. The first-order valence-electron chi connectivity index (χ1n) is 9.49. The molecule has 1 unspecified atom stereocenters. The molecule has 0 amide bonds. The molecule has 1 atom stereocenters. The molecule has 154 valence electrons. The minimum atomic E-state index is -2.95. The number of hydrogen-bond acceptors (Lipinski definition) is 5. The van der Waals surface area contributed by atoms with E-state index < -0.39 is 9.84 Å². The Labute approximate surface area is 175 Å². The topological polar surface area (TPSA) is 74.2 Å². The van der Waals surface area contributed by atoms with Crippen molar-refractivity contribution in [1.82, 2.24) is 15.1 Å². The number of nitrogens with zero attached hydrogens (tertiary/aromatic N) is 3. The zero-order valence-electron chi connectivity index (χ0n) is 16.2. The van der Waals surface area contributed by atoms with Crippen molar-refractivity contribution >= 4 is 39.8 Å². The highest BCUT2D eigenvalue weighted by molar-refractivity contribution is 14.0. The van der Waals surface area contributed by atoms with E-state index >= 15 is 0 Å². The molecule has 2 heterocycles. The monoisotopic (exact) mass is 502 g/mol. The molecule has 0 aromatic heterocycles. The molecule has 9 heteroatoms. The Hall–Kier alpha value is -0.130. The van der Waals surface area contributed by atoms with Gasteiger partial charge in [0.1, 0.15) is 9.84 Å². The molecule has 2 aliphatic heterocycles. The Morgan fingerprint density at radius 2 is 1.96 bits per heavy atom. The van der Waals surface area contributed by atoms with Gasteiger partial charge < -0.3 is 19.9 Å². The zero-order valence-corrected chi connectivity index (χ0v) is 19.3. The van der Waals surface area contributed by atoms with Gasteiger partial charge in [-0.05, 0) is 45.2 Å². The summed E-state index contributed by atoms with van der Waals surface area (Å²) in [6.07, 6.45) is 5.15. The Kier molecular flexibility index (Phi) is 11.4. The van der Waals surface area contributed by atoms with Gasteiger partial charge >= 0.3 is 0 Å². The van der Waals surface area contributed by atoms with Gasteiger partial charge in [-0.1, -0.05) is 0 Å². The largest absolute Gasteiger partial charge is 0.378 e. The quantitative estimate of drug-likeness (QED) is 0.220. The molecule has 0 saturated carbocycles. The van der Waals surface area contributed by atoms with E-state index in [1.165, 1.54) is 45.2 Å². The lowest BCUT2D eigenvalue weighted by Gasteiger charge is -2.23. The molecule has 1 N–H and O–H groups in total. The predicted molar refractivity (Wildman–Crippen MR) is 117 cm³/mol. The van der Waals surface area contributed by atoms with E-state index in [2.05, 4.69) is 27.0 Å². The fraction of sp³-hybridized carbons (Fsp3) is 0.941. The third kappa shape index (κ3) is 9.18. The Bertz CT molecular complexity index is 524. The van der Waals surface area contributed by atoms with Crippen molar-refractivity contribution in [2.24, 2.45) is 10.9 Å². The van der Waals surface area contributed by atoms with Gasteiger partial charge in [0, 0.05) is 32.4 Å². The first-order valence-corrected chi connectivity index (χ1v) is 11.5. The SMILES string of the molecule is CCNC(=NCCOCCS(C)(=O)=O)N1CCC(CN2CCCC2)C1.I. The van der Waals surface area contributed by atoms with Crippen LogP contribution in [0.4, 0.5) is 0 Å². The standard InChI is InChI=1S/C17H34N4O3S.HI/c1-3-18-17(19-7-11-24-12-13-25(2,22)23)21-10-6-16(15-21)14-20-8-4-5-9-20;/h16H,3-15H2,1-2H3,(H,18,19);1H. The second-order valence-electron chi connectivity index (χ2n) is 7.09. The van der Waals surface area contributed by atoms with E-state index in [-0.39, 0.29) is 36.3 Å². The van der Waals surface area contributed by atoms with E-state index in [0.717, 1.165) is 31.5 Å². The number of ether oxygens (including phenoxy) is 1. The molecule has 0 bridgehead atoms. The molecule has 2 aliphatic rings. The Balaban J connectivity index is 0.00000338. The highest BCUT2D eigenvalue weighted by atomic mass is 127. The number of hydrogen-bond donors (Lipinski definition) is 1. The highest BCUT2D eigenvalue weighted by Crippen LogP contribution is 2.19. The number of nitrogens with one attached hydrogen (secondary N) is 1. The van der Waals surface area contributed by atoms with Crippen LogP contribution in [0.2, 0.25) is 0 Å². The molecule has 0 spiro atoms. The lowest BCUT2D eigenvalue weighted by Crippen LogP contribution is -2.41. The average Bonchev–Trinajstić information content (AvgIpc) is 3.21. The van der Waals surface area contributed by atoms with Gasteiger partial charge in [-0.2, -0.15) is 0 Å². The van der Waals surface area contributed by atoms with E-state index in [1.54, 1.807) is 0 Å². The number of guanidine groups is 1. The van der Waals surface area contributed by atoms with E-state index in [1.807, 2.05) is 0 Å². The number of aliphatic imine (C=N–C) groups is 1. The molecule has 2 rings (SSSR count). The molecule has 0 aromatic rings. The number of likely N-dealkylation sites (tertiary alicyclic amines) is 2. The van der Waals surface area contributed by atoms with Crippen LogP contribution in [-0.4, -0.2) is 95.2 Å². The molecule has 0 aromatic carbocycles. The first-order chi connectivity index (χ1) is 12.0. The summed E-state index contributed by atoms with van der Waals surface area (Å²) in [7, 11) is -2.95. The Morgan fingerprint density at radius 3 is 2.62 bits per heavy atom. The van der Waals surface area contributed by atoms with Gasteiger partial charge in [0.05, 0.1) is 25.5 Å². The summed E-state index contributed by atoms with van der Waals surface area (Å²) in [5.74, 6) is 1.76. The summed E-state index contributed by atoms with van der Waals surface area (Å²) in [5, 5.41) is 3.36. The molecule has 2 saturated heterocycles. The van der Waals surface area contributed by atoms with Crippen LogP contribution in [0, 0.1) is 5.92 Å². The number of rotatable bonds is 9. The predicted octanol–water partition coefficient (Wildman–Crippen LogP) is 1.05. The second kappa shape index (κ2) is 12.4. The van der Waals surface area contributed by atoms with Crippen molar-refractivity contribution in [2.45, 2.75) is 26.2 Å². The summed E-state index contributed by atoms with van der Waals surface area (Å²) in [6, 6.07) is 0. The van der Waals surface area contributed by atoms with Gasteiger partial charge in [0.15, 0.2) is 5.96 Å². The third-order valence-electron chi connectivity index (χ3n) is 4.73.